The molecule has 2 N–H and O–H groups in total. The van der Waals surface area contributed by atoms with Gasteiger partial charge in [0, 0.05) is 11.1 Å². The minimum atomic E-state index is 0.0204. The molecule has 0 bridgehead atoms. The van der Waals surface area contributed by atoms with Gasteiger partial charge in [-0.25, -0.2) is 0 Å². The van der Waals surface area contributed by atoms with Crippen LogP contribution < -0.4 is 5.73 Å². The van der Waals surface area contributed by atoms with E-state index in [9.17, 15) is 0 Å². The Balaban J connectivity index is 2.17. The molecule has 3 heteroatoms. The Morgan fingerprint density at radius 2 is 2.19 bits per heavy atom. The summed E-state index contributed by atoms with van der Waals surface area (Å²) in [5.74, 6) is 0. The maximum atomic E-state index is 6.17. The molecule has 0 aliphatic rings. The Labute approximate surface area is 105 Å². The van der Waals surface area contributed by atoms with Crippen LogP contribution in [0.15, 0.2) is 35.0 Å². The Hall–Kier alpha value is -0.830. The van der Waals surface area contributed by atoms with Crippen molar-refractivity contribution in [2.45, 2.75) is 19.4 Å². The summed E-state index contributed by atoms with van der Waals surface area (Å²) < 4.78 is 0. The second-order valence-electron chi connectivity index (χ2n) is 4.00. The van der Waals surface area contributed by atoms with Gasteiger partial charge in [0.05, 0.1) is 0 Å². The lowest BCUT2D eigenvalue weighted by Crippen LogP contribution is -2.13. The molecule has 0 saturated carbocycles. The highest BCUT2D eigenvalue weighted by molar-refractivity contribution is 7.07. The quantitative estimate of drug-likeness (QED) is 0.878. The van der Waals surface area contributed by atoms with Crippen LogP contribution in [0, 0.1) is 6.92 Å². The van der Waals surface area contributed by atoms with E-state index in [4.69, 9.17) is 17.3 Å². The van der Waals surface area contributed by atoms with Gasteiger partial charge in [0.2, 0.25) is 0 Å². The Bertz CT molecular complexity index is 445. The van der Waals surface area contributed by atoms with Crippen LogP contribution in [0.1, 0.15) is 22.7 Å². The normalized spacial score (nSPS) is 12.7. The SMILES string of the molecule is Cc1cc(Cl)cc(C(N)Cc2ccsc2)c1. The first-order chi connectivity index (χ1) is 7.65. The fourth-order valence-electron chi connectivity index (χ4n) is 1.76. The molecule has 1 unspecified atom stereocenters. The topological polar surface area (TPSA) is 26.0 Å². The second-order valence-corrected chi connectivity index (χ2v) is 5.22. The molecule has 1 heterocycles. The van der Waals surface area contributed by atoms with Gasteiger partial charge in [0.15, 0.2) is 0 Å². The van der Waals surface area contributed by atoms with E-state index in [0.717, 1.165) is 22.6 Å². The van der Waals surface area contributed by atoms with E-state index in [0.29, 0.717) is 0 Å². The van der Waals surface area contributed by atoms with Crippen molar-refractivity contribution in [3.8, 4) is 0 Å². The highest BCUT2D eigenvalue weighted by Crippen LogP contribution is 2.22. The number of nitrogens with two attached hydrogens (primary N) is 1. The molecule has 0 fully saturated rings. The van der Waals surface area contributed by atoms with Gasteiger partial charge in [-0.05, 0) is 59.0 Å². The minimum Gasteiger partial charge on any atom is -0.324 e. The highest BCUT2D eigenvalue weighted by Gasteiger charge is 2.08. The summed E-state index contributed by atoms with van der Waals surface area (Å²) in [4.78, 5) is 0. The lowest BCUT2D eigenvalue weighted by atomic mass is 10.00. The fraction of sp³-hybridized carbons (Fsp3) is 0.231. The number of hydrogen-bond acceptors (Lipinski definition) is 2. The van der Waals surface area contributed by atoms with E-state index in [1.54, 1.807) is 11.3 Å². The second kappa shape index (κ2) is 5.00. The van der Waals surface area contributed by atoms with Gasteiger partial charge < -0.3 is 5.73 Å². The smallest absolute Gasteiger partial charge is 0.0411 e. The molecule has 0 aliphatic carbocycles. The molecule has 16 heavy (non-hydrogen) atoms. The lowest BCUT2D eigenvalue weighted by molar-refractivity contribution is 0.723. The molecule has 1 nitrogen and oxygen atoms in total. The summed E-state index contributed by atoms with van der Waals surface area (Å²) in [7, 11) is 0. The van der Waals surface area contributed by atoms with Gasteiger partial charge in [0.1, 0.15) is 0 Å². The zero-order chi connectivity index (χ0) is 11.5. The molecule has 0 spiro atoms. The number of hydrogen-bond donors (Lipinski definition) is 1. The molecule has 84 valence electrons. The molecule has 1 atom stereocenters. The molecule has 0 radical (unpaired) electrons. The van der Waals surface area contributed by atoms with Gasteiger partial charge in [0.25, 0.3) is 0 Å². The maximum absolute atomic E-state index is 6.17. The molecular formula is C13H14ClNS. The predicted octanol–water partition coefficient (Wildman–Crippen LogP) is 3.95. The highest BCUT2D eigenvalue weighted by atomic mass is 35.5. The van der Waals surface area contributed by atoms with Gasteiger partial charge in [-0.3, -0.25) is 0 Å². The van der Waals surface area contributed by atoms with Gasteiger partial charge in [-0.2, -0.15) is 11.3 Å². The summed E-state index contributed by atoms with van der Waals surface area (Å²) in [5, 5.41) is 4.97. The van der Waals surface area contributed by atoms with Crippen LogP contribution in [-0.4, -0.2) is 0 Å². The van der Waals surface area contributed by atoms with Crippen LogP contribution in [0.4, 0.5) is 0 Å². The van der Waals surface area contributed by atoms with Crippen molar-refractivity contribution < 1.29 is 0 Å². The number of rotatable bonds is 3. The molecule has 0 amide bonds. The largest absolute Gasteiger partial charge is 0.324 e. The van der Waals surface area contributed by atoms with Crippen molar-refractivity contribution in [2.75, 3.05) is 0 Å². The van der Waals surface area contributed by atoms with Crippen molar-refractivity contribution in [3.05, 3.63) is 56.7 Å². The number of benzene rings is 1. The predicted molar refractivity (Wildman–Crippen MR) is 71.1 cm³/mol. The van der Waals surface area contributed by atoms with Crippen LogP contribution in [0.25, 0.3) is 0 Å². The first-order valence-corrected chi connectivity index (χ1v) is 6.51. The first-order valence-electron chi connectivity index (χ1n) is 5.19. The zero-order valence-electron chi connectivity index (χ0n) is 9.11. The van der Waals surface area contributed by atoms with E-state index in [2.05, 4.69) is 22.9 Å². The molecular weight excluding hydrogens is 238 g/mol. The van der Waals surface area contributed by atoms with E-state index in [-0.39, 0.29) is 6.04 Å². The summed E-state index contributed by atoms with van der Waals surface area (Å²) in [6.45, 7) is 2.03. The van der Waals surface area contributed by atoms with Crippen molar-refractivity contribution >= 4 is 22.9 Å². The number of aryl methyl sites for hydroxylation is 1. The molecule has 2 aromatic rings. The van der Waals surface area contributed by atoms with Crippen LogP contribution >= 0.6 is 22.9 Å². The fourth-order valence-corrected chi connectivity index (χ4v) is 2.74. The summed E-state index contributed by atoms with van der Waals surface area (Å²) in [6.07, 6.45) is 0.864. The van der Waals surface area contributed by atoms with Crippen molar-refractivity contribution in [2.24, 2.45) is 5.73 Å². The van der Waals surface area contributed by atoms with Crippen LogP contribution in [0.2, 0.25) is 5.02 Å². The van der Waals surface area contributed by atoms with E-state index in [1.807, 2.05) is 19.1 Å². The molecule has 1 aromatic heterocycles. The monoisotopic (exact) mass is 251 g/mol. The zero-order valence-corrected chi connectivity index (χ0v) is 10.7. The molecule has 0 saturated heterocycles. The molecule has 1 aromatic carbocycles. The van der Waals surface area contributed by atoms with Crippen molar-refractivity contribution in [1.29, 1.82) is 0 Å². The molecule has 2 rings (SSSR count). The van der Waals surface area contributed by atoms with Gasteiger partial charge in [-0.1, -0.05) is 17.7 Å². The van der Waals surface area contributed by atoms with Crippen molar-refractivity contribution in [3.63, 3.8) is 0 Å². The average Bonchev–Trinajstić information content (AvgIpc) is 2.68. The van der Waals surface area contributed by atoms with Gasteiger partial charge >= 0.3 is 0 Å². The minimum absolute atomic E-state index is 0.0204. The lowest BCUT2D eigenvalue weighted by Gasteiger charge is -2.12. The van der Waals surface area contributed by atoms with Crippen LogP contribution in [0.5, 0.6) is 0 Å². The van der Waals surface area contributed by atoms with Crippen LogP contribution in [-0.2, 0) is 6.42 Å². The van der Waals surface area contributed by atoms with E-state index >= 15 is 0 Å². The molecule has 0 aliphatic heterocycles. The summed E-state index contributed by atoms with van der Waals surface area (Å²) in [5.41, 5.74) is 9.72. The third-order valence-corrected chi connectivity index (χ3v) is 3.48. The van der Waals surface area contributed by atoms with E-state index < -0.39 is 0 Å². The van der Waals surface area contributed by atoms with E-state index in [1.165, 1.54) is 5.56 Å². The number of thiophene rings is 1. The Morgan fingerprint density at radius 1 is 1.38 bits per heavy atom. The Kier molecular flexibility index (Phi) is 3.64. The maximum Gasteiger partial charge on any atom is 0.0411 e. The van der Waals surface area contributed by atoms with Crippen molar-refractivity contribution in [1.82, 2.24) is 0 Å². The first kappa shape index (κ1) is 11.6. The average molecular weight is 252 g/mol. The van der Waals surface area contributed by atoms with Gasteiger partial charge in [-0.15, -0.1) is 0 Å². The third-order valence-electron chi connectivity index (χ3n) is 2.53. The van der Waals surface area contributed by atoms with Crippen LogP contribution in [0.3, 0.4) is 0 Å². The standard InChI is InChI=1S/C13H14ClNS/c1-9-4-11(7-12(14)5-9)13(15)6-10-2-3-16-8-10/h2-5,7-8,13H,6,15H2,1H3. The Morgan fingerprint density at radius 3 is 2.81 bits per heavy atom. The third kappa shape index (κ3) is 2.85. The summed E-state index contributed by atoms with van der Waals surface area (Å²) in [6, 6.07) is 8.13. The summed E-state index contributed by atoms with van der Waals surface area (Å²) >= 11 is 7.72. The number of halogens is 1.